The van der Waals surface area contributed by atoms with E-state index in [1.807, 2.05) is 0 Å². The van der Waals surface area contributed by atoms with E-state index in [0.717, 1.165) is 31.8 Å². The fourth-order valence-electron chi connectivity index (χ4n) is 4.59. The summed E-state index contributed by atoms with van der Waals surface area (Å²) >= 11 is 0. The Morgan fingerprint density at radius 2 is 2.03 bits per heavy atom. The Kier molecular flexibility index (Phi) is 7.76. The Bertz CT molecular complexity index is 1390. The maximum Gasteiger partial charge on any atom is 0.414 e. The molecule has 1 amide bonds. The first kappa shape index (κ1) is 27.3. The summed E-state index contributed by atoms with van der Waals surface area (Å²) in [5.41, 5.74) is 2.10. The van der Waals surface area contributed by atoms with Gasteiger partial charge in [-0.3, -0.25) is 9.62 Å². The van der Waals surface area contributed by atoms with Gasteiger partial charge in [-0.15, -0.1) is 0 Å². The number of aliphatic hydroxyl groups excluding tert-OH is 1. The molecule has 11 nitrogen and oxygen atoms in total. The van der Waals surface area contributed by atoms with E-state index >= 15 is 4.39 Å². The number of sulfonamides is 1. The molecule has 0 spiro atoms. The van der Waals surface area contributed by atoms with Crippen molar-refractivity contribution >= 4 is 27.5 Å². The first-order valence-electron chi connectivity index (χ1n) is 12.8. The van der Waals surface area contributed by atoms with Gasteiger partial charge in [-0.05, 0) is 42.2 Å². The van der Waals surface area contributed by atoms with Crippen LogP contribution < -0.4 is 19.5 Å². The van der Waals surface area contributed by atoms with Gasteiger partial charge >= 0.3 is 6.09 Å². The van der Waals surface area contributed by atoms with Gasteiger partial charge in [0.25, 0.3) is 0 Å². The average Bonchev–Trinajstić information content (AvgIpc) is 3.75. The van der Waals surface area contributed by atoms with Crippen molar-refractivity contribution in [1.29, 1.82) is 0 Å². The number of halogens is 1. The normalized spacial score (nSPS) is 19.7. The third kappa shape index (κ3) is 6.16. The van der Waals surface area contributed by atoms with Crippen LogP contribution in [0.3, 0.4) is 0 Å². The highest BCUT2D eigenvalue weighted by Crippen LogP contribution is 2.40. The van der Waals surface area contributed by atoms with Crippen molar-refractivity contribution in [3.63, 3.8) is 0 Å². The molecule has 0 bridgehead atoms. The Balaban J connectivity index is 1.49. The Labute approximate surface area is 226 Å². The minimum absolute atomic E-state index is 0.0219. The number of pyridine rings is 1. The number of fused-ring (bicyclic) bond motifs is 1. The molecule has 1 aliphatic carbocycles. The summed E-state index contributed by atoms with van der Waals surface area (Å²) in [5.74, 6) is -0.548. The van der Waals surface area contributed by atoms with Crippen molar-refractivity contribution in [3.8, 4) is 11.5 Å². The van der Waals surface area contributed by atoms with Gasteiger partial charge in [-0.1, -0.05) is 0 Å². The summed E-state index contributed by atoms with van der Waals surface area (Å²) in [5, 5.41) is 13.9. The number of ether oxygens (including phenoxy) is 2. The molecule has 2 aromatic rings. The summed E-state index contributed by atoms with van der Waals surface area (Å²) in [6, 6.07) is 6.42. The lowest BCUT2D eigenvalue weighted by atomic mass is 9.91. The molecule has 13 heteroatoms. The third-order valence-electron chi connectivity index (χ3n) is 6.92. The number of nitrogens with one attached hydrogen (secondary N) is 2. The third-order valence-corrected chi connectivity index (χ3v) is 8.74. The van der Waals surface area contributed by atoms with Crippen molar-refractivity contribution in [3.05, 3.63) is 53.0 Å². The van der Waals surface area contributed by atoms with Crippen LogP contribution in [0.5, 0.6) is 11.5 Å². The summed E-state index contributed by atoms with van der Waals surface area (Å²) in [6.45, 7) is 3.70. The van der Waals surface area contributed by atoms with Crippen LogP contribution in [0.15, 0.2) is 36.0 Å². The number of piperazine rings is 1. The zero-order valence-electron chi connectivity index (χ0n) is 21.8. The highest BCUT2D eigenvalue weighted by molar-refractivity contribution is 7.93. The van der Waals surface area contributed by atoms with E-state index in [1.54, 1.807) is 32.3 Å². The predicted octanol–water partition coefficient (Wildman–Crippen LogP) is 1.80. The smallest absolute Gasteiger partial charge is 0.414 e. The van der Waals surface area contributed by atoms with Crippen LogP contribution in [-0.4, -0.2) is 92.8 Å². The average molecular weight is 562 g/mol. The van der Waals surface area contributed by atoms with E-state index in [9.17, 15) is 18.3 Å². The summed E-state index contributed by atoms with van der Waals surface area (Å²) in [7, 11) is -0.558. The monoisotopic (exact) mass is 561 g/mol. The van der Waals surface area contributed by atoms with E-state index in [4.69, 9.17) is 9.47 Å². The molecule has 1 atom stereocenters. The maximum atomic E-state index is 15.5. The molecule has 0 radical (unpaired) electrons. The van der Waals surface area contributed by atoms with Gasteiger partial charge in [0.05, 0.1) is 5.25 Å². The number of carbonyl (C=O) groups is 1. The second-order valence-electron chi connectivity index (χ2n) is 10.1. The molecular formula is C26H32FN5O6S. The van der Waals surface area contributed by atoms with Gasteiger partial charge in [-0.25, -0.2) is 22.6 Å². The fourth-order valence-corrected chi connectivity index (χ4v) is 5.92. The second-order valence-corrected chi connectivity index (χ2v) is 12.0. The number of aromatic nitrogens is 1. The first-order chi connectivity index (χ1) is 18.6. The summed E-state index contributed by atoms with van der Waals surface area (Å²) in [6.07, 6.45) is 0.454. The minimum Gasteiger partial charge on any atom is -0.460 e. The first-order valence-corrected chi connectivity index (χ1v) is 14.4. The lowest BCUT2D eigenvalue weighted by Crippen LogP contribution is -2.44. The lowest BCUT2D eigenvalue weighted by molar-refractivity contribution is 0.00980. The molecule has 2 fully saturated rings. The number of hydrogen-bond donors (Lipinski definition) is 3. The van der Waals surface area contributed by atoms with Gasteiger partial charge in [0.15, 0.2) is 11.6 Å². The van der Waals surface area contributed by atoms with Gasteiger partial charge in [0, 0.05) is 76.6 Å². The standard InChI is InChI=1S/C26H32FN5O6S/c1-31(2)26(34)37-17-3-6-19-21(15-32-11-9-28-10-12-32)20(25(33)38-22(19)14-17)13-16-7-8-29-24(23(16)27)30-39(35,36)18-4-5-18/h3,6-8,14,18,25,28,33H,4-5,9-13,15H2,1-2H3,(H,29,30). The minimum atomic E-state index is -3.70. The van der Waals surface area contributed by atoms with Crippen molar-refractivity contribution in [2.45, 2.75) is 30.8 Å². The van der Waals surface area contributed by atoms with Crippen LogP contribution in [0.1, 0.15) is 24.0 Å². The maximum absolute atomic E-state index is 15.5. The van der Waals surface area contributed by atoms with Gasteiger partial charge in [-0.2, -0.15) is 0 Å². The fraction of sp³-hybridized carbons (Fsp3) is 0.462. The van der Waals surface area contributed by atoms with Crippen LogP contribution in [0.4, 0.5) is 15.0 Å². The number of carbonyl (C=O) groups excluding carboxylic acids is 1. The van der Waals surface area contributed by atoms with Crippen molar-refractivity contribution in [2.24, 2.45) is 0 Å². The van der Waals surface area contributed by atoms with Crippen molar-refractivity contribution < 1.29 is 32.2 Å². The number of hydrogen-bond acceptors (Lipinski definition) is 9. The molecule has 1 aromatic carbocycles. The molecule has 3 aliphatic rings. The molecule has 1 saturated heterocycles. The van der Waals surface area contributed by atoms with Crippen molar-refractivity contribution in [2.75, 3.05) is 51.5 Å². The number of benzene rings is 1. The molecule has 5 rings (SSSR count). The van der Waals surface area contributed by atoms with E-state index in [-0.39, 0.29) is 23.6 Å². The number of anilines is 1. The SMILES string of the molecule is CN(C)C(=O)Oc1ccc2c(c1)OC(O)C(Cc1ccnc(NS(=O)(=O)C3CC3)c1F)=C2CN1CCNCC1. The highest BCUT2D eigenvalue weighted by Gasteiger charge is 2.37. The van der Waals surface area contributed by atoms with Crippen LogP contribution in [0, 0.1) is 5.82 Å². The molecule has 210 valence electrons. The highest BCUT2D eigenvalue weighted by atomic mass is 32.2. The van der Waals surface area contributed by atoms with Gasteiger partial charge in [0.1, 0.15) is 11.5 Å². The van der Waals surface area contributed by atoms with E-state index in [1.165, 1.54) is 17.2 Å². The molecule has 2 aliphatic heterocycles. The van der Waals surface area contributed by atoms with Crippen LogP contribution in [-0.2, 0) is 16.4 Å². The Morgan fingerprint density at radius 1 is 1.28 bits per heavy atom. The largest absolute Gasteiger partial charge is 0.460 e. The molecule has 3 N–H and O–H groups in total. The Morgan fingerprint density at radius 3 is 2.72 bits per heavy atom. The zero-order chi connectivity index (χ0) is 27.7. The van der Waals surface area contributed by atoms with Crippen molar-refractivity contribution in [1.82, 2.24) is 20.1 Å². The van der Waals surface area contributed by atoms with E-state index in [0.29, 0.717) is 36.3 Å². The Hall–Kier alpha value is -3.26. The number of amides is 1. The molecular weight excluding hydrogens is 529 g/mol. The van der Waals surface area contributed by atoms with E-state index < -0.39 is 33.5 Å². The van der Waals surface area contributed by atoms with Crippen LogP contribution in [0.2, 0.25) is 0 Å². The molecule has 1 saturated carbocycles. The van der Waals surface area contributed by atoms with Gasteiger partial charge < -0.3 is 24.8 Å². The van der Waals surface area contributed by atoms with Crippen LogP contribution >= 0.6 is 0 Å². The second kappa shape index (κ2) is 11.1. The topological polar surface area (TPSA) is 133 Å². The van der Waals surface area contributed by atoms with Crippen LogP contribution in [0.25, 0.3) is 5.57 Å². The molecule has 39 heavy (non-hydrogen) atoms. The van der Waals surface area contributed by atoms with E-state index in [2.05, 4.69) is 19.9 Å². The van der Waals surface area contributed by atoms with Gasteiger partial charge in [0.2, 0.25) is 16.3 Å². The predicted molar refractivity (Wildman–Crippen MR) is 142 cm³/mol. The molecule has 3 heterocycles. The lowest BCUT2D eigenvalue weighted by Gasteiger charge is -2.33. The number of aliphatic hydroxyl groups is 1. The zero-order valence-corrected chi connectivity index (χ0v) is 22.6. The summed E-state index contributed by atoms with van der Waals surface area (Å²) < 4.78 is 53.7. The molecule has 1 aromatic heterocycles. The number of nitrogens with zero attached hydrogens (tertiary/aromatic N) is 3. The summed E-state index contributed by atoms with van der Waals surface area (Å²) in [4.78, 5) is 19.5. The number of rotatable bonds is 8. The quantitative estimate of drug-likeness (QED) is 0.441. The molecule has 1 unspecified atom stereocenters.